The molecular formula is C12H4F8N2O. The minimum absolute atomic E-state index is 0.0927. The summed E-state index contributed by atoms with van der Waals surface area (Å²) in [7, 11) is 0. The first-order valence-corrected chi connectivity index (χ1v) is 5.57. The number of halogens is 8. The summed E-state index contributed by atoms with van der Waals surface area (Å²) >= 11 is 0. The minimum atomic E-state index is -1.91. The van der Waals surface area contributed by atoms with Crippen LogP contribution in [0.15, 0.2) is 12.1 Å². The van der Waals surface area contributed by atoms with E-state index in [-0.39, 0.29) is 12.1 Å². The van der Waals surface area contributed by atoms with Gasteiger partial charge in [0.25, 0.3) is 0 Å². The Morgan fingerprint density at radius 2 is 0.783 bits per heavy atom. The van der Waals surface area contributed by atoms with Crippen molar-refractivity contribution in [1.82, 2.24) is 0 Å². The molecule has 3 nitrogen and oxygen atoms in total. The SMILES string of the molecule is Fc1cc(F)c(F)c(NONc2c(F)c(F)cc(F)c2F)c1F. The molecule has 0 saturated carbocycles. The van der Waals surface area contributed by atoms with Crippen LogP contribution in [0.2, 0.25) is 0 Å². The third-order valence-electron chi connectivity index (χ3n) is 2.53. The molecule has 124 valence electrons. The second-order valence-electron chi connectivity index (χ2n) is 3.99. The second-order valence-corrected chi connectivity index (χ2v) is 3.99. The second kappa shape index (κ2) is 6.28. The van der Waals surface area contributed by atoms with Crippen molar-refractivity contribution in [3.05, 3.63) is 58.7 Å². The summed E-state index contributed by atoms with van der Waals surface area (Å²) in [4.78, 5) is 4.02. The van der Waals surface area contributed by atoms with Crippen molar-refractivity contribution in [2.45, 2.75) is 0 Å². The molecule has 0 aliphatic carbocycles. The molecule has 2 rings (SSSR count). The van der Waals surface area contributed by atoms with Crippen LogP contribution in [0.5, 0.6) is 0 Å². The van der Waals surface area contributed by atoms with Crippen LogP contribution in [0.3, 0.4) is 0 Å². The smallest absolute Gasteiger partial charge is 0.187 e. The number of nitrogens with one attached hydrogen (secondary N) is 2. The van der Waals surface area contributed by atoms with Crippen LogP contribution in [0.25, 0.3) is 0 Å². The van der Waals surface area contributed by atoms with Crippen molar-refractivity contribution in [2.75, 3.05) is 11.0 Å². The van der Waals surface area contributed by atoms with Gasteiger partial charge in [0.05, 0.1) is 0 Å². The Morgan fingerprint density at radius 3 is 1.04 bits per heavy atom. The largest absolute Gasteiger partial charge is 0.236 e. The van der Waals surface area contributed by atoms with E-state index in [9.17, 15) is 35.1 Å². The highest BCUT2D eigenvalue weighted by atomic mass is 19.2. The Morgan fingerprint density at radius 1 is 0.522 bits per heavy atom. The van der Waals surface area contributed by atoms with Crippen LogP contribution < -0.4 is 11.0 Å². The van der Waals surface area contributed by atoms with Crippen molar-refractivity contribution in [3.8, 4) is 0 Å². The van der Waals surface area contributed by atoms with E-state index in [2.05, 4.69) is 4.94 Å². The first kappa shape index (κ1) is 16.8. The van der Waals surface area contributed by atoms with Crippen molar-refractivity contribution in [3.63, 3.8) is 0 Å². The minimum Gasteiger partial charge on any atom is -0.236 e. The molecule has 0 aliphatic heterocycles. The van der Waals surface area contributed by atoms with Crippen LogP contribution in [0, 0.1) is 46.5 Å². The summed E-state index contributed by atoms with van der Waals surface area (Å²) in [5, 5.41) is 0. The standard InChI is InChI=1S/C12H4F8N2O/c13-3-1-4(14)8(18)11(7(3)17)21-23-22-12-9(19)5(15)2-6(16)10(12)20/h1-2,21-22H. The van der Waals surface area contributed by atoms with Crippen molar-refractivity contribution in [2.24, 2.45) is 0 Å². The van der Waals surface area contributed by atoms with Gasteiger partial charge in [-0.15, -0.1) is 0 Å². The lowest BCUT2D eigenvalue weighted by Gasteiger charge is -2.12. The zero-order chi connectivity index (χ0) is 17.3. The lowest BCUT2D eigenvalue weighted by atomic mass is 10.2. The van der Waals surface area contributed by atoms with Crippen LogP contribution in [-0.2, 0) is 4.94 Å². The third kappa shape index (κ3) is 3.13. The van der Waals surface area contributed by atoms with E-state index in [1.54, 1.807) is 0 Å². The number of anilines is 2. The maximum absolute atomic E-state index is 13.2. The first-order valence-electron chi connectivity index (χ1n) is 5.57. The van der Waals surface area contributed by atoms with E-state index >= 15 is 0 Å². The van der Waals surface area contributed by atoms with Gasteiger partial charge in [0, 0.05) is 12.1 Å². The van der Waals surface area contributed by atoms with Crippen LogP contribution in [0.1, 0.15) is 0 Å². The van der Waals surface area contributed by atoms with Crippen molar-refractivity contribution >= 4 is 11.4 Å². The molecule has 2 aromatic rings. The van der Waals surface area contributed by atoms with Gasteiger partial charge in [-0.05, 0) is 0 Å². The van der Waals surface area contributed by atoms with Crippen LogP contribution in [0.4, 0.5) is 46.5 Å². The van der Waals surface area contributed by atoms with E-state index in [1.165, 1.54) is 11.0 Å². The molecule has 0 bridgehead atoms. The Balaban J connectivity index is 2.22. The number of rotatable bonds is 4. The molecule has 2 N–H and O–H groups in total. The summed E-state index contributed by atoms with van der Waals surface area (Å²) < 4.78 is 104. The fourth-order valence-electron chi connectivity index (χ4n) is 1.45. The quantitative estimate of drug-likeness (QED) is 0.496. The fourth-order valence-corrected chi connectivity index (χ4v) is 1.45. The van der Waals surface area contributed by atoms with Gasteiger partial charge < -0.3 is 0 Å². The zero-order valence-corrected chi connectivity index (χ0v) is 10.6. The molecule has 0 aromatic heterocycles. The summed E-state index contributed by atoms with van der Waals surface area (Å²) in [6.07, 6.45) is 0. The topological polar surface area (TPSA) is 33.3 Å². The highest BCUT2D eigenvalue weighted by Crippen LogP contribution is 2.26. The van der Waals surface area contributed by atoms with Crippen molar-refractivity contribution in [1.29, 1.82) is 0 Å². The average Bonchev–Trinajstić information content (AvgIpc) is 2.49. The molecule has 0 amide bonds. The highest BCUT2D eigenvalue weighted by molar-refractivity contribution is 5.48. The average molecular weight is 344 g/mol. The van der Waals surface area contributed by atoms with Crippen molar-refractivity contribution < 1.29 is 40.1 Å². The normalized spacial score (nSPS) is 10.8. The molecule has 0 radical (unpaired) electrons. The predicted octanol–water partition coefficient (Wildman–Crippen LogP) is 4.17. The molecule has 11 heteroatoms. The van der Waals surface area contributed by atoms with Crippen LogP contribution >= 0.6 is 0 Å². The highest BCUT2D eigenvalue weighted by Gasteiger charge is 2.22. The molecule has 0 unspecified atom stereocenters. The molecule has 2 aromatic carbocycles. The van der Waals surface area contributed by atoms with E-state index < -0.39 is 57.9 Å². The lowest BCUT2D eigenvalue weighted by molar-refractivity contribution is 0.251. The summed E-state index contributed by atoms with van der Waals surface area (Å²) in [6.45, 7) is 0. The van der Waals surface area contributed by atoms with E-state index in [0.29, 0.717) is 0 Å². The predicted molar refractivity (Wildman–Crippen MR) is 60.9 cm³/mol. The molecule has 0 aliphatic rings. The van der Waals surface area contributed by atoms with Gasteiger partial charge >= 0.3 is 0 Å². The molecule has 0 saturated heterocycles. The van der Waals surface area contributed by atoms with Gasteiger partial charge in [-0.3, -0.25) is 0 Å². The number of hydrogen-bond acceptors (Lipinski definition) is 3. The van der Waals surface area contributed by atoms with E-state index in [1.807, 2.05) is 0 Å². The van der Waals surface area contributed by atoms with Gasteiger partial charge in [-0.25, -0.2) is 46.1 Å². The van der Waals surface area contributed by atoms with E-state index in [4.69, 9.17) is 0 Å². The fraction of sp³-hybridized carbons (Fsp3) is 0. The monoisotopic (exact) mass is 344 g/mol. The van der Waals surface area contributed by atoms with Gasteiger partial charge in [-0.2, -0.15) is 4.94 Å². The zero-order valence-electron chi connectivity index (χ0n) is 10.6. The molecule has 0 heterocycles. The van der Waals surface area contributed by atoms with Crippen LogP contribution in [-0.4, -0.2) is 0 Å². The number of hydrogen-bond donors (Lipinski definition) is 2. The summed E-state index contributed by atoms with van der Waals surface area (Å²) in [5.74, 6) is -14.8. The number of benzene rings is 2. The molecular weight excluding hydrogens is 340 g/mol. The summed E-state index contributed by atoms with van der Waals surface area (Å²) in [5.41, 5.74) is -0.387. The Kier molecular flexibility index (Phi) is 4.59. The maximum Gasteiger partial charge on any atom is 0.187 e. The van der Waals surface area contributed by atoms with Gasteiger partial charge in [-0.1, -0.05) is 0 Å². The Hall–Kier alpha value is -2.56. The molecule has 0 fully saturated rings. The Bertz CT molecular complexity index is 652. The molecule has 0 atom stereocenters. The van der Waals surface area contributed by atoms with Gasteiger partial charge in [0.2, 0.25) is 0 Å². The maximum atomic E-state index is 13.2. The van der Waals surface area contributed by atoms with Gasteiger partial charge in [0.1, 0.15) is 11.4 Å². The molecule has 23 heavy (non-hydrogen) atoms. The molecule has 0 spiro atoms. The van der Waals surface area contributed by atoms with E-state index in [0.717, 1.165) is 0 Å². The Labute approximate surface area is 122 Å². The summed E-state index contributed by atoms with van der Waals surface area (Å²) in [6, 6.07) is -0.185. The lowest BCUT2D eigenvalue weighted by Crippen LogP contribution is -2.15. The van der Waals surface area contributed by atoms with Gasteiger partial charge in [0.15, 0.2) is 46.5 Å². The third-order valence-corrected chi connectivity index (χ3v) is 2.53. The first-order chi connectivity index (χ1) is 10.7.